The maximum atomic E-state index is 5.74. The normalized spacial score (nSPS) is 12.7. The Kier molecular flexibility index (Phi) is 9.70. The summed E-state index contributed by atoms with van der Waals surface area (Å²) in [5, 5.41) is 3.47. The topological polar surface area (TPSA) is 24.5 Å². The van der Waals surface area contributed by atoms with E-state index in [-0.39, 0.29) is 5.54 Å². The van der Waals surface area contributed by atoms with Crippen molar-refractivity contribution < 1.29 is 4.74 Å². The minimum atomic E-state index is 0.138. The highest BCUT2D eigenvalue weighted by molar-refractivity contribution is 4.75. The minimum absolute atomic E-state index is 0.138. The number of ether oxygens (including phenoxy) is 1. The Bertz CT molecular complexity index is 191. The molecule has 0 atom stereocenters. The molecule has 18 heavy (non-hydrogen) atoms. The Morgan fingerprint density at radius 1 is 1.11 bits per heavy atom. The molecule has 0 aliphatic heterocycles. The van der Waals surface area contributed by atoms with E-state index in [1.165, 1.54) is 19.3 Å². The van der Waals surface area contributed by atoms with Gasteiger partial charge in [-0.25, -0.2) is 0 Å². The predicted octanol–water partition coefficient (Wildman–Crippen LogP) is 2.76. The molecule has 0 aliphatic carbocycles. The lowest BCUT2D eigenvalue weighted by Crippen LogP contribution is -2.42. The molecule has 0 bridgehead atoms. The molecule has 0 aliphatic rings. The molecule has 0 amide bonds. The highest BCUT2D eigenvalue weighted by atomic mass is 16.5. The van der Waals surface area contributed by atoms with Crippen molar-refractivity contribution in [1.82, 2.24) is 10.2 Å². The van der Waals surface area contributed by atoms with Gasteiger partial charge >= 0.3 is 0 Å². The number of hydrogen-bond acceptors (Lipinski definition) is 3. The van der Waals surface area contributed by atoms with Gasteiger partial charge in [0.25, 0.3) is 0 Å². The quantitative estimate of drug-likeness (QED) is 0.577. The third kappa shape index (κ3) is 9.86. The number of unbranched alkanes of at least 4 members (excludes halogenated alkanes) is 2. The molecule has 0 radical (unpaired) electrons. The van der Waals surface area contributed by atoms with Gasteiger partial charge in [-0.05, 0) is 66.2 Å². The van der Waals surface area contributed by atoms with Crippen molar-refractivity contribution in [3.05, 3.63) is 0 Å². The zero-order chi connectivity index (χ0) is 14.0. The largest absolute Gasteiger partial charge is 0.380 e. The van der Waals surface area contributed by atoms with Gasteiger partial charge in [-0.15, -0.1) is 0 Å². The fraction of sp³-hybridized carbons (Fsp3) is 1.00. The van der Waals surface area contributed by atoms with Gasteiger partial charge in [-0.1, -0.05) is 13.8 Å². The smallest absolute Gasteiger partial charge is 0.0644 e. The third-order valence-corrected chi connectivity index (χ3v) is 3.36. The molecule has 0 aromatic carbocycles. The zero-order valence-corrected chi connectivity index (χ0v) is 13.4. The van der Waals surface area contributed by atoms with Gasteiger partial charge in [0.05, 0.1) is 6.61 Å². The first kappa shape index (κ1) is 17.9. The fourth-order valence-corrected chi connectivity index (χ4v) is 1.47. The second-order valence-corrected chi connectivity index (χ2v) is 6.42. The van der Waals surface area contributed by atoms with Crippen molar-refractivity contribution in [2.75, 3.05) is 40.4 Å². The van der Waals surface area contributed by atoms with Crippen LogP contribution in [0, 0.1) is 5.92 Å². The molecule has 110 valence electrons. The summed E-state index contributed by atoms with van der Waals surface area (Å²) in [5.74, 6) is 0.751. The van der Waals surface area contributed by atoms with E-state index in [4.69, 9.17) is 4.74 Å². The maximum Gasteiger partial charge on any atom is 0.0644 e. The van der Waals surface area contributed by atoms with E-state index in [0.29, 0.717) is 0 Å². The van der Waals surface area contributed by atoms with E-state index in [1.807, 2.05) is 0 Å². The van der Waals surface area contributed by atoms with Crippen LogP contribution < -0.4 is 5.32 Å². The molecule has 0 aromatic rings. The Balaban J connectivity index is 3.26. The van der Waals surface area contributed by atoms with Crippen molar-refractivity contribution in [2.45, 2.75) is 52.5 Å². The third-order valence-electron chi connectivity index (χ3n) is 3.36. The van der Waals surface area contributed by atoms with Crippen molar-refractivity contribution >= 4 is 0 Å². The molecule has 0 heterocycles. The summed E-state index contributed by atoms with van der Waals surface area (Å²) in [5.41, 5.74) is 0.138. The fourth-order valence-electron chi connectivity index (χ4n) is 1.47. The lowest BCUT2D eigenvalue weighted by Gasteiger charge is -2.32. The van der Waals surface area contributed by atoms with Crippen molar-refractivity contribution in [2.24, 2.45) is 5.92 Å². The summed E-state index contributed by atoms with van der Waals surface area (Å²) in [6.07, 6.45) is 3.69. The minimum Gasteiger partial charge on any atom is -0.380 e. The van der Waals surface area contributed by atoms with Crippen LogP contribution >= 0.6 is 0 Å². The summed E-state index contributed by atoms with van der Waals surface area (Å²) < 4.78 is 5.74. The van der Waals surface area contributed by atoms with E-state index in [9.17, 15) is 0 Å². The monoisotopic (exact) mass is 258 g/mol. The van der Waals surface area contributed by atoms with Gasteiger partial charge in [-0.3, -0.25) is 0 Å². The molecular formula is C15H34N2O. The first-order valence-corrected chi connectivity index (χ1v) is 7.32. The van der Waals surface area contributed by atoms with Crippen LogP contribution in [0.25, 0.3) is 0 Å². The molecule has 0 aromatic heterocycles. The van der Waals surface area contributed by atoms with Crippen LogP contribution in [0.2, 0.25) is 0 Å². The zero-order valence-electron chi connectivity index (χ0n) is 13.4. The van der Waals surface area contributed by atoms with Crippen LogP contribution in [0.1, 0.15) is 47.0 Å². The van der Waals surface area contributed by atoms with Gasteiger partial charge in [-0.2, -0.15) is 0 Å². The van der Waals surface area contributed by atoms with E-state index < -0.39 is 0 Å². The van der Waals surface area contributed by atoms with Crippen LogP contribution in [-0.4, -0.2) is 50.8 Å². The van der Waals surface area contributed by atoms with Crippen molar-refractivity contribution in [3.8, 4) is 0 Å². The van der Waals surface area contributed by atoms with Gasteiger partial charge in [0.2, 0.25) is 0 Å². The molecule has 1 N–H and O–H groups in total. The average molecular weight is 258 g/mol. The van der Waals surface area contributed by atoms with E-state index in [2.05, 4.69) is 52.0 Å². The molecule has 3 heteroatoms. The van der Waals surface area contributed by atoms with Crippen LogP contribution in [-0.2, 0) is 4.74 Å². The lowest BCUT2D eigenvalue weighted by atomic mass is 10.1. The summed E-state index contributed by atoms with van der Waals surface area (Å²) in [6, 6.07) is 0. The lowest BCUT2D eigenvalue weighted by molar-refractivity contribution is 0.0345. The standard InChI is InChI=1S/C15H34N2O/c1-14(2)12-16-10-8-7-9-11-18-13-15(3,4)17(5)6/h14,16H,7-13H2,1-6H3. The number of likely N-dealkylation sites (N-methyl/N-ethyl adjacent to an activating group) is 1. The molecule has 0 saturated carbocycles. The highest BCUT2D eigenvalue weighted by Gasteiger charge is 2.19. The number of nitrogens with zero attached hydrogens (tertiary/aromatic N) is 1. The predicted molar refractivity (Wildman–Crippen MR) is 80.1 cm³/mol. The highest BCUT2D eigenvalue weighted by Crippen LogP contribution is 2.10. The average Bonchev–Trinajstić information content (AvgIpc) is 2.26. The van der Waals surface area contributed by atoms with Crippen LogP contribution in [0.5, 0.6) is 0 Å². The summed E-state index contributed by atoms with van der Waals surface area (Å²) in [7, 11) is 4.20. The van der Waals surface area contributed by atoms with Crippen molar-refractivity contribution in [1.29, 1.82) is 0 Å². The van der Waals surface area contributed by atoms with E-state index >= 15 is 0 Å². The second-order valence-electron chi connectivity index (χ2n) is 6.42. The maximum absolute atomic E-state index is 5.74. The molecule has 0 saturated heterocycles. The summed E-state index contributed by atoms with van der Waals surface area (Å²) in [6.45, 7) is 12.9. The van der Waals surface area contributed by atoms with Crippen LogP contribution in [0.15, 0.2) is 0 Å². The van der Waals surface area contributed by atoms with Gasteiger partial charge in [0.15, 0.2) is 0 Å². The first-order chi connectivity index (χ1) is 8.36. The first-order valence-electron chi connectivity index (χ1n) is 7.32. The van der Waals surface area contributed by atoms with Gasteiger partial charge in [0.1, 0.15) is 0 Å². The summed E-state index contributed by atoms with van der Waals surface area (Å²) >= 11 is 0. The van der Waals surface area contributed by atoms with Crippen molar-refractivity contribution in [3.63, 3.8) is 0 Å². The number of rotatable bonds is 11. The Hall–Kier alpha value is -0.120. The van der Waals surface area contributed by atoms with E-state index in [1.54, 1.807) is 0 Å². The SMILES string of the molecule is CC(C)CNCCCCCOCC(C)(C)N(C)C. The Morgan fingerprint density at radius 2 is 1.78 bits per heavy atom. The number of nitrogens with one attached hydrogen (secondary N) is 1. The molecule has 0 spiro atoms. The number of hydrogen-bond donors (Lipinski definition) is 1. The van der Waals surface area contributed by atoms with E-state index in [0.717, 1.165) is 32.2 Å². The summed E-state index contributed by atoms with van der Waals surface area (Å²) in [4.78, 5) is 2.21. The molecule has 3 nitrogen and oxygen atoms in total. The van der Waals surface area contributed by atoms with Gasteiger partial charge < -0.3 is 15.0 Å². The molecule has 0 fully saturated rings. The van der Waals surface area contributed by atoms with Crippen LogP contribution in [0.3, 0.4) is 0 Å². The second kappa shape index (κ2) is 9.76. The molecule has 0 rings (SSSR count). The van der Waals surface area contributed by atoms with Gasteiger partial charge in [0, 0.05) is 12.1 Å². The molecular weight excluding hydrogens is 224 g/mol. The Morgan fingerprint density at radius 3 is 2.33 bits per heavy atom. The van der Waals surface area contributed by atoms with Crippen LogP contribution in [0.4, 0.5) is 0 Å². The molecule has 0 unspecified atom stereocenters. The Labute approximate surface area is 114 Å².